The summed E-state index contributed by atoms with van der Waals surface area (Å²) in [5, 5.41) is 0.169. The molecule has 0 bridgehead atoms. The zero-order valence-electron chi connectivity index (χ0n) is 6.14. The number of nitrogens with zero attached hydrogens (tertiary/aromatic N) is 1. The van der Waals surface area contributed by atoms with Gasteiger partial charge in [0.15, 0.2) is 0 Å². The highest BCUT2D eigenvalue weighted by Gasteiger charge is 2.21. The maximum Gasteiger partial charge on any atom is 0.354 e. The van der Waals surface area contributed by atoms with Gasteiger partial charge in [-0.05, 0) is 18.4 Å². The zero-order valence-corrected chi connectivity index (χ0v) is 7.03. The van der Waals surface area contributed by atoms with Gasteiger partial charge in [0.1, 0.15) is 0 Å². The van der Waals surface area contributed by atoms with Crippen molar-refractivity contribution in [1.82, 2.24) is 4.90 Å². The minimum Gasteiger partial charge on any atom is -0.376 e. The van der Waals surface area contributed by atoms with Gasteiger partial charge in [0.2, 0.25) is 0 Å². The second-order valence-electron chi connectivity index (χ2n) is 2.46. The van der Waals surface area contributed by atoms with E-state index < -0.39 is 7.60 Å². The molecule has 1 aliphatic heterocycles. The summed E-state index contributed by atoms with van der Waals surface area (Å²) in [7, 11) is -2.25. The molecule has 0 aromatic rings. The van der Waals surface area contributed by atoms with Crippen molar-refractivity contribution in [2.75, 3.05) is 13.6 Å². The molecule has 0 aliphatic carbocycles. The molecule has 0 fully saturated rings. The molecular formula is C6H10NO3P. The first-order valence-corrected chi connectivity index (χ1v) is 4.75. The average Bonchev–Trinajstić information content (AvgIpc) is 1.86. The quantitative estimate of drug-likeness (QED) is 0.570. The molecule has 1 heterocycles. The van der Waals surface area contributed by atoms with Gasteiger partial charge in [-0.3, -0.25) is 4.57 Å². The molecule has 4 nitrogen and oxygen atoms in total. The lowest BCUT2D eigenvalue weighted by molar-refractivity contribution is 0.374. The molecule has 1 aliphatic rings. The highest BCUT2D eigenvalue weighted by atomic mass is 31.2. The van der Waals surface area contributed by atoms with Gasteiger partial charge in [-0.15, -0.1) is 0 Å². The van der Waals surface area contributed by atoms with Crippen LogP contribution >= 0.6 is 7.60 Å². The van der Waals surface area contributed by atoms with E-state index >= 15 is 0 Å². The molecule has 0 aromatic heterocycles. The second kappa shape index (κ2) is 2.81. The Balaban J connectivity index is 2.83. The SMILES string of the molecule is CN1C=CC=C(P(=O)(O)O)C1. The van der Waals surface area contributed by atoms with Crippen molar-refractivity contribution >= 4 is 7.60 Å². The van der Waals surface area contributed by atoms with Crippen molar-refractivity contribution in [2.45, 2.75) is 0 Å². The first-order chi connectivity index (χ1) is 5.00. The van der Waals surface area contributed by atoms with Crippen LogP contribution in [-0.2, 0) is 4.57 Å². The molecule has 62 valence electrons. The van der Waals surface area contributed by atoms with E-state index in [0.717, 1.165) is 0 Å². The van der Waals surface area contributed by atoms with E-state index in [4.69, 9.17) is 9.79 Å². The van der Waals surface area contributed by atoms with E-state index in [1.165, 1.54) is 6.08 Å². The Labute approximate surface area is 65.0 Å². The van der Waals surface area contributed by atoms with Crippen LogP contribution in [0, 0.1) is 0 Å². The third kappa shape index (κ3) is 2.19. The molecule has 11 heavy (non-hydrogen) atoms. The third-order valence-electron chi connectivity index (χ3n) is 1.41. The van der Waals surface area contributed by atoms with Crippen LogP contribution in [0.2, 0.25) is 0 Å². The maximum atomic E-state index is 10.7. The number of allylic oxidation sites excluding steroid dienone is 2. The van der Waals surface area contributed by atoms with Gasteiger partial charge in [-0.1, -0.05) is 0 Å². The van der Waals surface area contributed by atoms with Crippen LogP contribution in [0.25, 0.3) is 0 Å². The molecular weight excluding hydrogens is 165 g/mol. The van der Waals surface area contributed by atoms with E-state index in [0.29, 0.717) is 6.54 Å². The summed E-state index contributed by atoms with van der Waals surface area (Å²) in [6.07, 6.45) is 4.85. The lowest BCUT2D eigenvalue weighted by Crippen LogP contribution is -2.16. The minimum absolute atomic E-state index is 0.169. The highest BCUT2D eigenvalue weighted by molar-refractivity contribution is 7.56. The van der Waals surface area contributed by atoms with Crippen LogP contribution in [0.4, 0.5) is 0 Å². The zero-order chi connectivity index (χ0) is 8.48. The van der Waals surface area contributed by atoms with Crippen LogP contribution in [0.5, 0.6) is 0 Å². The summed E-state index contributed by atoms with van der Waals surface area (Å²) in [4.78, 5) is 19.2. The van der Waals surface area contributed by atoms with Gasteiger partial charge in [0.25, 0.3) is 0 Å². The molecule has 0 unspecified atom stereocenters. The van der Waals surface area contributed by atoms with Crippen LogP contribution in [-0.4, -0.2) is 28.3 Å². The van der Waals surface area contributed by atoms with Crippen molar-refractivity contribution in [1.29, 1.82) is 0 Å². The molecule has 0 amide bonds. The molecule has 0 aromatic carbocycles. The van der Waals surface area contributed by atoms with Gasteiger partial charge in [0.05, 0.1) is 11.9 Å². The lowest BCUT2D eigenvalue weighted by atomic mass is 10.4. The topological polar surface area (TPSA) is 60.8 Å². The Bertz CT molecular complexity index is 253. The van der Waals surface area contributed by atoms with E-state index in [1.54, 1.807) is 24.2 Å². The number of hydrogen-bond donors (Lipinski definition) is 2. The summed E-state index contributed by atoms with van der Waals surface area (Å²) in [5.41, 5.74) is 0. The molecule has 0 radical (unpaired) electrons. The van der Waals surface area contributed by atoms with E-state index in [2.05, 4.69) is 0 Å². The standard InChI is InChI=1S/C6H10NO3P/c1-7-4-2-3-6(5-7)11(8,9)10/h2-4H,5H2,1H3,(H2,8,9,10). The van der Waals surface area contributed by atoms with Gasteiger partial charge in [0, 0.05) is 7.05 Å². The summed E-state index contributed by atoms with van der Waals surface area (Å²) in [6, 6.07) is 0. The summed E-state index contributed by atoms with van der Waals surface area (Å²) >= 11 is 0. The monoisotopic (exact) mass is 175 g/mol. The van der Waals surface area contributed by atoms with Crippen molar-refractivity contribution < 1.29 is 14.4 Å². The summed E-state index contributed by atoms with van der Waals surface area (Å²) < 4.78 is 10.7. The Morgan fingerprint density at radius 1 is 1.64 bits per heavy atom. The van der Waals surface area contributed by atoms with Crippen LogP contribution in [0.1, 0.15) is 0 Å². The van der Waals surface area contributed by atoms with Gasteiger partial charge >= 0.3 is 7.60 Å². The molecule has 1 rings (SSSR count). The third-order valence-corrected chi connectivity index (χ3v) is 2.45. The van der Waals surface area contributed by atoms with Crippen molar-refractivity contribution in [3.05, 3.63) is 23.7 Å². The van der Waals surface area contributed by atoms with Gasteiger partial charge < -0.3 is 14.7 Å². The Morgan fingerprint density at radius 2 is 2.27 bits per heavy atom. The number of rotatable bonds is 1. The first-order valence-electron chi connectivity index (χ1n) is 3.14. The minimum atomic E-state index is -4.01. The predicted octanol–water partition coefficient (Wildman–Crippen LogP) is 0.507. The normalized spacial score (nSPS) is 18.5. The average molecular weight is 175 g/mol. The smallest absolute Gasteiger partial charge is 0.354 e. The van der Waals surface area contributed by atoms with E-state index in [1.807, 2.05) is 0 Å². The van der Waals surface area contributed by atoms with Gasteiger partial charge in [-0.2, -0.15) is 0 Å². The van der Waals surface area contributed by atoms with E-state index in [9.17, 15) is 4.57 Å². The fourth-order valence-electron chi connectivity index (χ4n) is 0.851. The number of hydrogen-bond acceptors (Lipinski definition) is 2. The second-order valence-corrected chi connectivity index (χ2v) is 4.12. The Morgan fingerprint density at radius 3 is 2.64 bits per heavy atom. The molecule has 5 heteroatoms. The Kier molecular flexibility index (Phi) is 2.18. The van der Waals surface area contributed by atoms with Crippen molar-refractivity contribution in [3.8, 4) is 0 Å². The fourth-order valence-corrected chi connectivity index (χ4v) is 1.54. The largest absolute Gasteiger partial charge is 0.376 e. The van der Waals surface area contributed by atoms with Crippen LogP contribution in [0.3, 0.4) is 0 Å². The molecule has 2 N–H and O–H groups in total. The summed E-state index contributed by atoms with van der Waals surface area (Å²) in [6.45, 7) is 0.306. The lowest BCUT2D eigenvalue weighted by Gasteiger charge is -2.19. The van der Waals surface area contributed by atoms with Gasteiger partial charge in [-0.25, -0.2) is 0 Å². The van der Waals surface area contributed by atoms with E-state index in [-0.39, 0.29) is 5.31 Å². The Hall–Kier alpha value is -0.570. The summed E-state index contributed by atoms with van der Waals surface area (Å²) in [5.74, 6) is 0. The molecule has 0 spiro atoms. The predicted molar refractivity (Wildman–Crippen MR) is 41.9 cm³/mol. The first kappa shape index (κ1) is 8.53. The highest BCUT2D eigenvalue weighted by Crippen LogP contribution is 2.45. The number of likely N-dealkylation sites (N-methyl/N-ethyl adjacent to an activating group) is 1. The van der Waals surface area contributed by atoms with Crippen LogP contribution in [0.15, 0.2) is 23.7 Å². The molecule has 0 saturated heterocycles. The van der Waals surface area contributed by atoms with Crippen molar-refractivity contribution in [3.63, 3.8) is 0 Å². The molecule has 0 atom stereocenters. The van der Waals surface area contributed by atoms with Crippen LogP contribution < -0.4 is 0 Å². The maximum absolute atomic E-state index is 10.7. The molecule has 0 saturated carbocycles. The van der Waals surface area contributed by atoms with Crippen molar-refractivity contribution in [2.24, 2.45) is 0 Å². The fraction of sp³-hybridized carbons (Fsp3) is 0.333.